The fraction of sp³-hybridized carbons (Fsp3) is 0.571. The number of nitrogens with one attached hydrogen (secondary N) is 1. The van der Waals surface area contributed by atoms with E-state index in [4.69, 9.17) is 11.6 Å². The van der Waals surface area contributed by atoms with Crippen LogP contribution >= 0.6 is 27.5 Å². The second kappa shape index (κ2) is 6.77. The molecule has 96 valence electrons. The molecular weight excluding hydrogens is 298 g/mol. The highest BCUT2D eigenvalue weighted by atomic mass is 79.9. The van der Waals surface area contributed by atoms with E-state index < -0.39 is 0 Å². The zero-order valence-electron chi connectivity index (χ0n) is 10.9. The Kier molecular flexibility index (Phi) is 5.98. The Labute approximate surface area is 118 Å². The maximum absolute atomic E-state index is 6.03. The van der Waals surface area contributed by atoms with Crippen LogP contribution in [0, 0.1) is 11.8 Å². The second-order valence-electron chi connectivity index (χ2n) is 5.05. The van der Waals surface area contributed by atoms with Gasteiger partial charge in [0.25, 0.3) is 0 Å². The molecule has 0 fully saturated rings. The lowest BCUT2D eigenvalue weighted by molar-refractivity contribution is 0.343. The van der Waals surface area contributed by atoms with Crippen LogP contribution in [-0.2, 0) is 0 Å². The van der Waals surface area contributed by atoms with E-state index in [1.165, 1.54) is 12.0 Å². The molecule has 0 aliphatic carbocycles. The summed E-state index contributed by atoms with van der Waals surface area (Å²) in [6.07, 6.45) is 1.21. The molecule has 2 atom stereocenters. The van der Waals surface area contributed by atoms with Crippen LogP contribution in [0.2, 0.25) is 5.02 Å². The molecule has 17 heavy (non-hydrogen) atoms. The first kappa shape index (κ1) is 15.0. The van der Waals surface area contributed by atoms with E-state index in [0.717, 1.165) is 15.4 Å². The summed E-state index contributed by atoms with van der Waals surface area (Å²) in [5, 5.41) is 4.17. The highest BCUT2D eigenvalue weighted by Crippen LogP contribution is 2.31. The fourth-order valence-electron chi connectivity index (χ4n) is 2.37. The van der Waals surface area contributed by atoms with E-state index in [1.54, 1.807) is 0 Å². The molecule has 0 aliphatic heterocycles. The minimum absolute atomic E-state index is 0.381. The summed E-state index contributed by atoms with van der Waals surface area (Å²) in [5.74, 6) is 1.32. The molecule has 0 heterocycles. The number of benzene rings is 1. The van der Waals surface area contributed by atoms with E-state index in [2.05, 4.69) is 54.2 Å². The minimum atomic E-state index is 0.381. The molecular formula is C14H21BrClN. The third kappa shape index (κ3) is 4.27. The Morgan fingerprint density at radius 1 is 1.29 bits per heavy atom. The quantitative estimate of drug-likeness (QED) is 0.801. The maximum Gasteiger partial charge on any atom is 0.0548 e. The lowest BCUT2D eigenvalue weighted by Crippen LogP contribution is -2.24. The molecule has 0 aliphatic rings. The summed E-state index contributed by atoms with van der Waals surface area (Å²) < 4.78 is 0.966. The molecule has 0 saturated heterocycles. The lowest BCUT2D eigenvalue weighted by atomic mass is 9.88. The van der Waals surface area contributed by atoms with Crippen molar-refractivity contribution < 1.29 is 0 Å². The fourth-order valence-corrected chi connectivity index (χ4v) is 2.88. The average molecular weight is 319 g/mol. The summed E-state index contributed by atoms with van der Waals surface area (Å²) >= 11 is 9.51. The highest BCUT2D eigenvalue weighted by molar-refractivity contribution is 9.10. The Morgan fingerprint density at radius 3 is 2.41 bits per heavy atom. The zero-order valence-corrected chi connectivity index (χ0v) is 13.3. The largest absolute Gasteiger partial charge is 0.313 e. The van der Waals surface area contributed by atoms with Crippen molar-refractivity contribution in [2.75, 3.05) is 7.05 Å². The topological polar surface area (TPSA) is 12.0 Å². The Bertz CT molecular complexity index is 365. The zero-order chi connectivity index (χ0) is 13.0. The van der Waals surface area contributed by atoms with Gasteiger partial charge in [-0.25, -0.2) is 0 Å². The van der Waals surface area contributed by atoms with Crippen LogP contribution in [0.1, 0.15) is 38.8 Å². The van der Waals surface area contributed by atoms with Gasteiger partial charge in [-0.15, -0.1) is 0 Å². The highest BCUT2D eigenvalue weighted by Gasteiger charge is 2.19. The van der Waals surface area contributed by atoms with Crippen LogP contribution in [-0.4, -0.2) is 7.05 Å². The lowest BCUT2D eigenvalue weighted by Gasteiger charge is -2.25. The van der Waals surface area contributed by atoms with Crippen molar-refractivity contribution in [2.24, 2.45) is 11.8 Å². The molecule has 1 rings (SSSR count). The monoisotopic (exact) mass is 317 g/mol. The predicted octanol–water partition coefficient (Wildman–Crippen LogP) is 5.05. The number of rotatable bonds is 5. The third-order valence-corrected chi connectivity index (χ3v) is 4.24. The summed E-state index contributed by atoms with van der Waals surface area (Å²) in [4.78, 5) is 0. The van der Waals surface area contributed by atoms with Gasteiger partial charge in [-0.1, -0.05) is 38.4 Å². The first-order valence-electron chi connectivity index (χ1n) is 6.08. The van der Waals surface area contributed by atoms with Crippen molar-refractivity contribution in [1.29, 1.82) is 0 Å². The molecule has 1 N–H and O–H groups in total. The van der Waals surface area contributed by atoms with E-state index in [1.807, 2.05) is 13.1 Å². The van der Waals surface area contributed by atoms with Crippen molar-refractivity contribution in [2.45, 2.75) is 33.2 Å². The summed E-state index contributed by atoms with van der Waals surface area (Å²) in [5.41, 5.74) is 1.29. The molecule has 0 saturated carbocycles. The van der Waals surface area contributed by atoms with E-state index in [0.29, 0.717) is 12.0 Å². The molecule has 0 amide bonds. The second-order valence-corrected chi connectivity index (χ2v) is 6.31. The molecule has 1 nitrogen and oxygen atoms in total. The average Bonchev–Trinajstić information content (AvgIpc) is 2.23. The van der Waals surface area contributed by atoms with Gasteiger partial charge in [0.05, 0.1) is 5.02 Å². The van der Waals surface area contributed by atoms with E-state index >= 15 is 0 Å². The molecule has 0 bridgehead atoms. The SMILES string of the molecule is CNC(c1ccc(Cl)c(Br)c1)C(C)CC(C)C. The summed E-state index contributed by atoms with van der Waals surface area (Å²) in [6.45, 7) is 6.83. The van der Waals surface area contributed by atoms with Gasteiger partial charge in [0.1, 0.15) is 0 Å². The van der Waals surface area contributed by atoms with Gasteiger partial charge in [-0.05, 0) is 58.9 Å². The summed E-state index contributed by atoms with van der Waals surface area (Å²) in [6, 6.07) is 6.55. The van der Waals surface area contributed by atoms with Crippen molar-refractivity contribution in [3.05, 3.63) is 33.3 Å². The molecule has 1 aromatic carbocycles. The molecule has 2 unspecified atom stereocenters. The van der Waals surface area contributed by atoms with Gasteiger partial charge in [0, 0.05) is 10.5 Å². The van der Waals surface area contributed by atoms with Gasteiger partial charge in [-0.3, -0.25) is 0 Å². The normalized spacial score (nSPS) is 15.0. The van der Waals surface area contributed by atoms with Crippen molar-refractivity contribution in [3.8, 4) is 0 Å². The Morgan fingerprint density at radius 2 is 1.94 bits per heavy atom. The van der Waals surface area contributed by atoms with Gasteiger partial charge in [0.2, 0.25) is 0 Å². The Balaban J connectivity index is 2.89. The van der Waals surface area contributed by atoms with Crippen molar-refractivity contribution in [3.63, 3.8) is 0 Å². The number of hydrogen-bond donors (Lipinski definition) is 1. The standard InChI is InChI=1S/C14H21BrClN/c1-9(2)7-10(3)14(17-4)11-5-6-13(16)12(15)8-11/h5-6,8-10,14,17H,7H2,1-4H3. The first-order chi connectivity index (χ1) is 7.95. The predicted molar refractivity (Wildman–Crippen MR) is 79.6 cm³/mol. The van der Waals surface area contributed by atoms with Gasteiger partial charge in [0.15, 0.2) is 0 Å². The smallest absolute Gasteiger partial charge is 0.0548 e. The van der Waals surface area contributed by atoms with Crippen LogP contribution in [0.4, 0.5) is 0 Å². The van der Waals surface area contributed by atoms with Crippen LogP contribution in [0.5, 0.6) is 0 Å². The van der Waals surface area contributed by atoms with Gasteiger partial charge in [-0.2, -0.15) is 0 Å². The number of hydrogen-bond acceptors (Lipinski definition) is 1. The van der Waals surface area contributed by atoms with E-state index in [9.17, 15) is 0 Å². The van der Waals surface area contributed by atoms with Crippen LogP contribution in [0.15, 0.2) is 22.7 Å². The van der Waals surface area contributed by atoms with Gasteiger partial charge >= 0.3 is 0 Å². The third-order valence-electron chi connectivity index (χ3n) is 3.03. The summed E-state index contributed by atoms with van der Waals surface area (Å²) in [7, 11) is 2.02. The first-order valence-corrected chi connectivity index (χ1v) is 7.25. The maximum atomic E-state index is 6.03. The minimum Gasteiger partial charge on any atom is -0.313 e. The molecule has 1 aromatic rings. The van der Waals surface area contributed by atoms with E-state index in [-0.39, 0.29) is 0 Å². The van der Waals surface area contributed by atoms with Crippen molar-refractivity contribution in [1.82, 2.24) is 5.32 Å². The van der Waals surface area contributed by atoms with Crippen LogP contribution in [0.3, 0.4) is 0 Å². The van der Waals surface area contributed by atoms with Crippen LogP contribution in [0.25, 0.3) is 0 Å². The Hall–Kier alpha value is -0.0500. The molecule has 3 heteroatoms. The van der Waals surface area contributed by atoms with Crippen LogP contribution < -0.4 is 5.32 Å². The van der Waals surface area contributed by atoms with Gasteiger partial charge < -0.3 is 5.32 Å². The molecule has 0 spiro atoms. The molecule has 0 radical (unpaired) electrons. The number of halogens is 2. The van der Waals surface area contributed by atoms with Crippen molar-refractivity contribution >= 4 is 27.5 Å². The molecule has 0 aromatic heterocycles.